The van der Waals surface area contributed by atoms with Crippen LogP contribution in [0.3, 0.4) is 0 Å². The molecule has 2 aliphatic heterocycles. The highest BCUT2D eigenvalue weighted by Crippen LogP contribution is 2.40. The van der Waals surface area contributed by atoms with Gasteiger partial charge in [-0.3, -0.25) is 9.78 Å². The average molecular weight is 579 g/mol. The van der Waals surface area contributed by atoms with Gasteiger partial charge < -0.3 is 29.2 Å². The van der Waals surface area contributed by atoms with Crippen LogP contribution >= 0.6 is 0 Å². The van der Waals surface area contributed by atoms with Crippen molar-refractivity contribution in [3.8, 4) is 34.3 Å². The van der Waals surface area contributed by atoms with Crippen LogP contribution in [0.2, 0.25) is 0 Å². The quantitative estimate of drug-likeness (QED) is 0.309. The fraction of sp³-hybridized carbons (Fsp3) is 0.382. The van der Waals surface area contributed by atoms with E-state index in [1.54, 1.807) is 19.4 Å². The number of nitrogens with zero attached hydrogens (tertiary/aromatic N) is 3. The molecule has 3 aliphatic rings. The first-order chi connectivity index (χ1) is 21.0. The number of benzene rings is 2. The molecule has 0 spiro atoms. The lowest BCUT2D eigenvalue weighted by Crippen LogP contribution is -2.30. The number of amides is 1. The Morgan fingerprint density at radius 3 is 2.60 bits per heavy atom. The topological polar surface area (TPSA) is 121 Å². The van der Waals surface area contributed by atoms with Crippen molar-refractivity contribution in [2.45, 2.75) is 37.8 Å². The molecule has 1 aliphatic carbocycles. The van der Waals surface area contributed by atoms with Gasteiger partial charge in [-0.15, -0.1) is 0 Å². The number of furan rings is 1. The van der Waals surface area contributed by atoms with Crippen molar-refractivity contribution in [1.82, 2.24) is 9.88 Å². The third-order valence-corrected chi connectivity index (χ3v) is 9.17. The van der Waals surface area contributed by atoms with Crippen LogP contribution in [0.1, 0.15) is 41.6 Å². The number of pyridine rings is 1. The molecule has 0 bridgehead atoms. The number of methoxy groups -OCH3 is 1. The van der Waals surface area contributed by atoms with Gasteiger partial charge in [-0.2, -0.15) is 5.26 Å². The molecule has 9 nitrogen and oxygen atoms in total. The lowest BCUT2D eigenvalue weighted by molar-refractivity contribution is 0.0764. The van der Waals surface area contributed by atoms with E-state index in [2.05, 4.69) is 16.4 Å². The third kappa shape index (κ3) is 5.22. The molecule has 2 N–H and O–H groups in total. The standard InChI is InChI=1S/C34H34N4O5/c1-41-31-15-21(34(40)38-18-23-13-26(39)14-24(23)19-38)2-4-28(31)32-16-30-33(43-32)27(6-9-36-30)20-3-5-29(22(12-20)17-35)37-25-7-10-42-11-8-25/h2-6,9,12,15-16,23-26,37,39H,7-8,10-11,13-14,18-19H2,1H3/t23-,24+,26?. The van der Waals surface area contributed by atoms with E-state index >= 15 is 0 Å². The van der Waals surface area contributed by atoms with E-state index in [1.807, 2.05) is 47.4 Å². The van der Waals surface area contributed by atoms with Crippen molar-refractivity contribution in [2.24, 2.45) is 11.8 Å². The van der Waals surface area contributed by atoms with Crippen LogP contribution in [-0.2, 0) is 4.74 Å². The molecule has 1 amide bonds. The summed E-state index contributed by atoms with van der Waals surface area (Å²) in [5.74, 6) is 1.85. The van der Waals surface area contributed by atoms with E-state index in [9.17, 15) is 15.2 Å². The van der Waals surface area contributed by atoms with Crippen LogP contribution in [0.15, 0.2) is 59.1 Å². The number of carbonyl (C=O) groups is 1. The second-order valence-electron chi connectivity index (χ2n) is 11.9. The van der Waals surface area contributed by atoms with Gasteiger partial charge in [0.25, 0.3) is 5.91 Å². The number of aromatic nitrogens is 1. The van der Waals surface area contributed by atoms with Gasteiger partial charge in [0.15, 0.2) is 5.58 Å². The number of anilines is 1. The molecule has 2 aromatic carbocycles. The summed E-state index contributed by atoms with van der Waals surface area (Å²) in [5, 5.41) is 23.4. The maximum atomic E-state index is 13.3. The second kappa shape index (κ2) is 11.4. The minimum Gasteiger partial charge on any atom is -0.496 e. The maximum absolute atomic E-state index is 13.3. The molecular weight excluding hydrogens is 544 g/mol. The number of ether oxygens (including phenoxy) is 2. The predicted molar refractivity (Wildman–Crippen MR) is 162 cm³/mol. The summed E-state index contributed by atoms with van der Waals surface area (Å²) < 4.78 is 17.6. The zero-order chi connectivity index (χ0) is 29.5. The van der Waals surface area contributed by atoms with E-state index in [1.165, 1.54) is 0 Å². The van der Waals surface area contributed by atoms with Crippen LogP contribution in [-0.4, -0.2) is 66.5 Å². The van der Waals surface area contributed by atoms with Gasteiger partial charge in [0.1, 0.15) is 23.1 Å². The van der Waals surface area contributed by atoms with Crippen molar-refractivity contribution < 1.29 is 23.8 Å². The fourth-order valence-corrected chi connectivity index (χ4v) is 6.93. The first-order valence-corrected chi connectivity index (χ1v) is 14.9. The van der Waals surface area contributed by atoms with Gasteiger partial charge in [-0.1, -0.05) is 6.07 Å². The monoisotopic (exact) mass is 578 g/mol. The highest BCUT2D eigenvalue weighted by Gasteiger charge is 2.42. The Balaban J connectivity index is 1.16. The number of likely N-dealkylation sites (tertiary alicyclic amines) is 1. The number of hydrogen-bond donors (Lipinski definition) is 2. The molecule has 7 rings (SSSR count). The molecule has 3 atom stereocenters. The summed E-state index contributed by atoms with van der Waals surface area (Å²) in [4.78, 5) is 19.8. The molecule has 9 heteroatoms. The number of hydrogen-bond acceptors (Lipinski definition) is 8. The molecule has 3 fully saturated rings. The van der Waals surface area contributed by atoms with Crippen LogP contribution < -0.4 is 10.1 Å². The van der Waals surface area contributed by atoms with Gasteiger partial charge in [0.05, 0.1) is 30.0 Å². The van der Waals surface area contributed by atoms with Gasteiger partial charge in [-0.05, 0) is 79.5 Å². The van der Waals surface area contributed by atoms with Crippen LogP contribution in [0.5, 0.6) is 5.75 Å². The summed E-state index contributed by atoms with van der Waals surface area (Å²) in [6.45, 7) is 2.82. The molecule has 0 radical (unpaired) electrons. The molecule has 4 aromatic rings. The summed E-state index contributed by atoms with van der Waals surface area (Å²) in [5.41, 5.74) is 5.66. The molecule has 1 saturated carbocycles. The number of rotatable bonds is 6. The van der Waals surface area contributed by atoms with E-state index in [0.29, 0.717) is 58.7 Å². The smallest absolute Gasteiger partial charge is 0.254 e. The average Bonchev–Trinajstić information content (AvgIpc) is 3.74. The van der Waals surface area contributed by atoms with Crippen molar-refractivity contribution in [3.05, 3.63) is 65.9 Å². The minimum absolute atomic E-state index is 0.0228. The van der Waals surface area contributed by atoms with Crippen LogP contribution in [0.4, 0.5) is 5.69 Å². The Morgan fingerprint density at radius 1 is 1.07 bits per heavy atom. The predicted octanol–water partition coefficient (Wildman–Crippen LogP) is 5.48. The SMILES string of the molecule is COc1cc(C(=O)N2C[C@H]3CC(O)C[C@H]3C2)ccc1-c1cc2nccc(-c3ccc(NC4CCOCC4)c(C#N)c3)c2o1. The Hall–Kier alpha value is -4.39. The number of nitrogens with one attached hydrogen (secondary N) is 1. The van der Waals surface area contributed by atoms with E-state index < -0.39 is 0 Å². The molecule has 4 heterocycles. The number of fused-ring (bicyclic) bond motifs is 2. The summed E-state index contributed by atoms with van der Waals surface area (Å²) in [7, 11) is 1.58. The van der Waals surface area contributed by atoms with E-state index in [-0.39, 0.29) is 18.1 Å². The molecular formula is C34H34N4O5. The summed E-state index contributed by atoms with van der Waals surface area (Å²) >= 11 is 0. The Morgan fingerprint density at radius 2 is 1.86 bits per heavy atom. The zero-order valence-corrected chi connectivity index (χ0v) is 24.1. The lowest BCUT2D eigenvalue weighted by Gasteiger charge is -2.24. The summed E-state index contributed by atoms with van der Waals surface area (Å²) in [6, 6.07) is 17.7. The first kappa shape index (κ1) is 27.4. The third-order valence-electron chi connectivity index (χ3n) is 9.17. The highest BCUT2D eigenvalue weighted by molar-refractivity contribution is 5.97. The number of carbonyl (C=O) groups excluding carboxylic acids is 1. The van der Waals surface area contributed by atoms with Crippen LogP contribution in [0, 0.1) is 23.2 Å². The van der Waals surface area contributed by atoms with Gasteiger partial charge in [0.2, 0.25) is 0 Å². The highest BCUT2D eigenvalue weighted by atomic mass is 16.5. The zero-order valence-electron chi connectivity index (χ0n) is 24.1. The maximum Gasteiger partial charge on any atom is 0.254 e. The fourth-order valence-electron chi connectivity index (χ4n) is 6.93. The lowest BCUT2D eigenvalue weighted by atomic mass is 10.0. The Labute approximate surface area is 250 Å². The second-order valence-corrected chi connectivity index (χ2v) is 11.9. The Kier molecular flexibility index (Phi) is 7.25. The normalized spacial score (nSPS) is 22.0. The number of nitriles is 1. The van der Waals surface area contributed by atoms with Crippen molar-refractivity contribution in [1.29, 1.82) is 5.26 Å². The molecule has 2 aromatic heterocycles. The largest absolute Gasteiger partial charge is 0.496 e. The first-order valence-electron chi connectivity index (χ1n) is 14.9. The van der Waals surface area contributed by atoms with Gasteiger partial charge in [-0.25, -0.2) is 0 Å². The number of aliphatic hydroxyl groups is 1. The molecule has 1 unspecified atom stereocenters. The molecule has 43 heavy (non-hydrogen) atoms. The van der Waals surface area contributed by atoms with Crippen LogP contribution in [0.25, 0.3) is 33.6 Å². The molecule has 2 saturated heterocycles. The molecule has 220 valence electrons. The summed E-state index contributed by atoms with van der Waals surface area (Å²) in [6.07, 6.45) is 4.87. The minimum atomic E-state index is -0.239. The van der Waals surface area contributed by atoms with E-state index in [0.717, 1.165) is 61.3 Å². The van der Waals surface area contributed by atoms with Crippen molar-refractivity contribution in [3.63, 3.8) is 0 Å². The van der Waals surface area contributed by atoms with Crippen molar-refractivity contribution >= 4 is 22.7 Å². The number of aliphatic hydroxyl groups excluding tert-OH is 1. The van der Waals surface area contributed by atoms with Gasteiger partial charge >= 0.3 is 0 Å². The van der Waals surface area contributed by atoms with Gasteiger partial charge in [0, 0.05) is 55.7 Å². The van der Waals surface area contributed by atoms with Crippen molar-refractivity contribution in [2.75, 3.05) is 38.7 Å². The van der Waals surface area contributed by atoms with E-state index in [4.69, 9.17) is 13.9 Å². The Bertz CT molecular complexity index is 1710.